The van der Waals surface area contributed by atoms with Gasteiger partial charge < -0.3 is 16.0 Å². The number of nitrogens with zero attached hydrogens (tertiary/aromatic N) is 1. The molecular formula is C24H23N3O3. The van der Waals surface area contributed by atoms with Gasteiger partial charge in [0.25, 0.3) is 5.91 Å². The highest BCUT2D eigenvalue weighted by Gasteiger charge is 2.29. The van der Waals surface area contributed by atoms with Crippen molar-refractivity contribution < 1.29 is 14.4 Å². The lowest BCUT2D eigenvalue weighted by molar-refractivity contribution is -0.121. The Morgan fingerprint density at radius 1 is 0.933 bits per heavy atom. The second-order valence-corrected chi connectivity index (χ2v) is 7.55. The molecule has 0 aliphatic carbocycles. The summed E-state index contributed by atoms with van der Waals surface area (Å²) in [5, 5.41) is 4.82. The van der Waals surface area contributed by atoms with Crippen LogP contribution in [0.2, 0.25) is 0 Å². The summed E-state index contributed by atoms with van der Waals surface area (Å²) in [4.78, 5) is 38.9. The van der Waals surface area contributed by atoms with Gasteiger partial charge >= 0.3 is 0 Å². The molecule has 1 fully saturated rings. The van der Waals surface area contributed by atoms with Crippen LogP contribution in [0.4, 0.5) is 5.69 Å². The number of nitrogens with two attached hydrogens (primary N) is 1. The molecule has 3 aromatic rings. The topological polar surface area (TPSA) is 92.5 Å². The van der Waals surface area contributed by atoms with E-state index in [4.69, 9.17) is 5.73 Å². The quantitative estimate of drug-likeness (QED) is 0.701. The summed E-state index contributed by atoms with van der Waals surface area (Å²) >= 11 is 0. The normalized spacial score (nSPS) is 16.3. The fourth-order valence-electron chi connectivity index (χ4n) is 3.92. The molecule has 1 aliphatic heterocycles. The van der Waals surface area contributed by atoms with E-state index in [1.807, 2.05) is 42.5 Å². The average Bonchev–Trinajstić information content (AvgIpc) is 2.78. The SMILES string of the molecule is NC(=O)c1ccc(NC(=O)[C@H]2CCCN(C(=O)c3cccc4ccccc34)C2)cc1. The third kappa shape index (κ3) is 4.03. The highest BCUT2D eigenvalue weighted by molar-refractivity contribution is 6.07. The summed E-state index contributed by atoms with van der Waals surface area (Å²) < 4.78 is 0. The van der Waals surface area contributed by atoms with Gasteiger partial charge in [-0.2, -0.15) is 0 Å². The van der Waals surface area contributed by atoms with Crippen molar-refractivity contribution in [2.45, 2.75) is 12.8 Å². The lowest BCUT2D eigenvalue weighted by Gasteiger charge is -2.32. The predicted molar refractivity (Wildman–Crippen MR) is 116 cm³/mol. The van der Waals surface area contributed by atoms with Crippen LogP contribution in [0.25, 0.3) is 10.8 Å². The molecule has 0 unspecified atom stereocenters. The molecule has 3 N–H and O–H groups in total. The highest BCUT2D eigenvalue weighted by atomic mass is 16.2. The fourth-order valence-corrected chi connectivity index (χ4v) is 3.92. The molecule has 0 saturated carbocycles. The molecule has 3 amide bonds. The minimum absolute atomic E-state index is 0.0462. The maximum absolute atomic E-state index is 13.2. The highest BCUT2D eigenvalue weighted by Crippen LogP contribution is 2.24. The van der Waals surface area contributed by atoms with Crippen LogP contribution in [0.1, 0.15) is 33.6 Å². The molecule has 3 aromatic carbocycles. The van der Waals surface area contributed by atoms with Crippen molar-refractivity contribution in [1.82, 2.24) is 4.90 Å². The smallest absolute Gasteiger partial charge is 0.254 e. The molecule has 4 rings (SSSR count). The van der Waals surface area contributed by atoms with E-state index in [0.29, 0.717) is 29.9 Å². The van der Waals surface area contributed by atoms with Crippen LogP contribution in [0, 0.1) is 5.92 Å². The third-order valence-corrected chi connectivity index (χ3v) is 5.54. The number of nitrogens with one attached hydrogen (secondary N) is 1. The Bertz CT molecular complexity index is 1100. The molecule has 1 aliphatic rings. The van der Waals surface area contributed by atoms with Crippen LogP contribution >= 0.6 is 0 Å². The van der Waals surface area contributed by atoms with Gasteiger partial charge in [-0.3, -0.25) is 14.4 Å². The predicted octanol–water partition coefficient (Wildman–Crippen LogP) is 3.43. The van der Waals surface area contributed by atoms with Gasteiger partial charge in [0.1, 0.15) is 0 Å². The van der Waals surface area contributed by atoms with Gasteiger partial charge in [-0.25, -0.2) is 0 Å². The largest absolute Gasteiger partial charge is 0.366 e. The molecule has 1 saturated heterocycles. The monoisotopic (exact) mass is 401 g/mol. The van der Waals surface area contributed by atoms with E-state index in [1.165, 1.54) is 0 Å². The zero-order chi connectivity index (χ0) is 21.1. The maximum Gasteiger partial charge on any atom is 0.254 e. The standard InChI is InChI=1S/C24H23N3O3/c25-22(28)17-10-12-19(13-11-17)26-23(29)18-7-4-14-27(15-18)24(30)21-9-3-6-16-5-1-2-8-20(16)21/h1-3,5-6,8-13,18H,4,7,14-15H2,(H2,25,28)(H,26,29)/t18-/m0/s1. The number of anilines is 1. The van der Waals surface area contributed by atoms with Gasteiger partial charge in [0, 0.05) is 29.9 Å². The molecule has 0 aromatic heterocycles. The molecule has 6 heteroatoms. The number of likely N-dealkylation sites (tertiary alicyclic amines) is 1. The van der Waals surface area contributed by atoms with Crippen molar-refractivity contribution in [3.63, 3.8) is 0 Å². The Morgan fingerprint density at radius 3 is 2.43 bits per heavy atom. The van der Waals surface area contributed by atoms with E-state index in [0.717, 1.165) is 23.6 Å². The lowest BCUT2D eigenvalue weighted by Crippen LogP contribution is -2.43. The van der Waals surface area contributed by atoms with Crippen molar-refractivity contribution >= 4 is 34.2 Å². The zero-order valence-electron chi connectivity index (χ0n) is 16.5. The number of hydrogen-bond donors (Lipinski definition) is 2. The number of carbonyl (C=O) groups is 3. The Morgan fingerprint density at radius 2 is 1.67 bits per heavy atom. The number of piperidine rings is 1. The van der Waals surface area contributed by atoms with Gasteiger partial charge in [-0.05, 0) is 53.9 Å². The Hall–Kier alpha value is -3.67. The van der Waals surface area contributed by atoms with E-state index in [1.54, 1.807) is 29.2 Å². The fraction of sp³-hybridized carbons (Fsp3) is 0.208. The summed E-state index contributed by atoms with van der Waals surface area (Å²) in [6.07, 6.45) is 1.50. The second-order valence-electron chi connectivity index (χ2n) is 7.55. The van der Waals surface area contributed by atoms with Crippen molar-refractivity contribution in [1.29, 1.82) is 0 Å². The molecule has 0 radical (unpaired) electrons. The molecule has 152 valence electrons. The van der Waals surface area contributed by atoms with E-state index < -0.39 is 5.91 Å². The molecule has 1 heterocycles. The van der Waals surface area contributed by atoms with Gasteiger partial charge in [0.2, 0.25) is 11.8 Å². The molecule has 6 nitrogen and oxygen atoms in total. The van der Waals surface area contributed by atoms with Crippen LogP contribution in [0.15, 0.2) is 66.7 Å². The van der Waals surface area contributed by atoms with Crippen molar-refractivity contribution in [2.24, 2.45) is 11.7 Å². The summed E-state index contributed by atoms with van der Waals surface area (Å²) in [5.74, 6) is -0.969. The summed E-state index contributed by atoms with van der Waals surface area (Å²) in [7, 11) is 0. The Labute approximate surface area is 174 Å². The first-order valence-corrected chi connectivity index (χ1v) is 10.0. The molecule has 0 bridgehead atoms. The molecule has 30 heavy (non-hydrogen) atoms. The summed E-state index contributed by atoms with van der Waals surface area (Å²) in [6.45, 7) is 1.02. The van der Waals surface area contributed by atoms with Crippen molar-refractivity contribution in [3.05, 3.63) is 77.9 Å². The van der Waals surface area contributed by atoms with E-state index in [9.17, 15) is 14.4 Å². The Balaban J connectivity index is 1.46. The van der Waals surface area contributed by atoms with Gasteiger partial charge in [-0.15, -0.1) is 0 Å². The number of carbonyl (C=O) groups excluding carboxylic acids is 3. The number of rotatable bonds is 4. The number of fused-ring (bicyclic) bond motifs is 1. The zero-order valence-corrected chi connectivity index (χ0v) is 16.5. The first-order chi connectivity index (χ1) is 14.5. The first kappa shape index (κ1) is 19.6. The molecule has 1 atom stereocenters. The minimum Gasteiger partial charge on any atom is -0.366 e. The number of primary amides is 1. The van der Waals surface area contributed by atoms with E-state index >= 15 is 0 Å². The van der Waals surface area contributed by atoms with Gasteiger partial charge in [-0.1, -0.05) is 36.4 Å². The third-order valence-electron chi connectivity index (χ3n) is 5.54. The van der Waals surface area contributed by atoms with Crippen LogP contribution in [-0.4, -0.2) is 35.7 Å². The number of amides is 3. The number of benzene rings is 3. The lowest BCUT2D eigenvalue weighted by atomic mass is 9.95. The number of hydrogen-bond acceptors (Lipinski definition) is 3. The molecular weight excluding hydrogens is 378 g/mol. The van der Waals surface area contributed by atoms with Crippen LogP contribution < -0.4 is 11.1 Å². The minimum atomic E-state index is -0.511. The van der Waals surface area contributed by atoms with E-state index in [-0.39, 0.29) is 17.7 Å². The van der Waals surface area contributed by atoms with Gasteiger partial charge in [0.15, 0.2) is 0 Å². The van der Waals surface area contributed by atoms with E-state index in [2.05, 4.69) is 5.32 Å². The molecule has 0 spiro atoms. The van der Waals surface area contributed by atoms with Crippen LogP contribution in [0.5, 0.6) is 0 Å². The van der Waals surface area contributed by atoms with Crippen molar-refractivity contribution in [3.8, 4) is 0 Å². The van der Waals surface area contributed by atoms with Crippen LogP contribution in [0.3, 0.4) is 0 Å². The van der Waals surface area contributed by atoms with Gasteiger partial charge in [0.05, 0.1) is 5.92 Å². The second kappa shape index (κ2) is 8.37. The van der Waals surface area contributed by atoms with Crippen molar-refractivity contribution in [2.75, 3.05) is 18.4 Å². The summed E-state index contributed by atoms with van der Waals surface area (Å²) in [6, 6.07) is 20.0. The van der Waals surface area contributed by atoms with Crippen LogP contribution in [-0.2, 0) is 4.79 Å². The average molecular weight is 401 g/mol. The first-order valence-electron chi connectivity index (χ1n) is 10.0. The summed E-state index contributed by atoms with van der Waals surface area (Å²) in [5.41, 5.74) is 6.89. The maximum atomic E-state index is 13.2. The Kier molecular flexibility index (Phi) is 5.48.